The summed E-state index contributed by atoms with van der Waals surface area (Å²) in [6.07, 6.45) is 3.58. The number of halogens is 1. The molecule has 3 heterocycles. The second-order valence-corrected chi connectivity index (χ2v) is 6.74. The topological polar surface area (TPSA) is 71.2 Å². The van der Waals surface area contributed by atoms with E-state index in [9.17, 15) is 4.39 Å². The predicted molar refractivity (Wildman–Crippen MR) is 85.3 cm³/mol. The van der Waals surface area contributed by atoms with Gasteiger partial charge in [-0.3, -0.25) is 4.90 Å². The summed E-state index contributed by atoms with van der Waals surface area (Å²) >= 11 is 0. The zero-order chi connectivity index (χ0) is 16.5. The molecule has 2 fully saturated rings. The van der Waals surface area contributed by atoms with Crippen LogP contribution in [0.2, 0.25) is 0 Å². The summed E-state index contributed by atoms with van der Waals surface area (Å²) < 4.78 is 19.2. The highest BCUT2D eigenvalue weighted by Crippen LogP contribution is 2.38. The molecule has 0 aromatic carbocycles. The molecule has 7 nitrogen and oxygen atoms in total. The summed E-state index contributed by atoms with van der Waals surface area (Å²) in [4.78, 5) is 8.55. The van der Waals surface area contributed by atoms with Crippen molar-refractivity contribution in [3.8, 4) is 0 Å². The van der Waals surface area contributed by atoms with Crippen molar-refractivity contribution < 1.29 is 8.91 Å². The molecule has 24 heavy (non-hydrogen) atoms. The minimum atomic E-state index is -0.836. The van der Waals surface area contributed by atoms with E-state index in [1.165, 1.54) is 0 Å². The van der Waals surface area contributed by atoms with E-state index in [2.05, 4.69) is 25.2 Å². The van der Waals surface area contributed by atoms with Crippen LogP contribution in [0.4, 0.5) is 10.2 Å². The Kier molecular flexibility index (Phi) is 4.13. The van der Waals surface area contributed by atoms with Crippen LogP contribution in [0.1, 0.15) is 36.9 Å². The van der Waals surface area contributed by atoms with Gasteiger partial charge in [-0.15, -0.1) is 5.10 Å². The van der Waals surface area contributed by atoms with Crippen LogP contribution in [0, 0.1) is 0 Å². The predicted octanol–water partition coefficient (Wildman–Crippen LogP) is 1.79. The molecule has 4 rings (SSSR count). The van der Waals surface area contributed by atoms with Gasteiger partial charge in [0.15, 0.2) is 11.6 Å². The van der Waals surface area contributed by atoms with Crippen LogP contribution in [-0.4, -0.2) is 57.6 Å². The smallest absolute Gasteiger partial charge is 0.229 e. The summed E-state index contributed by atoms with van der Waals surface area (Å²) in [7, 11) is 1.99. The second kappa shape index (κ2) is 6.43. The van der Waals surface area contributed by atoms with Crippen LogP contribution in [-0.2, 0) is 6.54 Å². The first-order valence-electron chi connectivity index (χ1n) is 8.38. The minimum absolute atomic E-state index is 0.0662. The molecular weight excluding hydrogens is 311 g/mol. The van der Waals surface area contributed by atoms with Crippen molar-refractivity contribution in [2.75, 3.05) is 25.0 Å². The highest BCUT2D eigenvalue weighted by molar-refractivity contribution is 5.40. The van der Waals surface area contributed by atoms with Gasteiger partial charge in [-0.05, 0) is 32.0 Å². The molecule has 128 valence electrons. The third kappa shape index (κ3) is 3.38. The molecule has 0 spiro atoms. The van der Waals surface area contributed by atoms with Gasteiger partial charge in [0, 0.05) is 31.1 Å². The molecule has 2 aromatic rings. The summed E-state index contributed by atoms with van der Waals surface area (Å²) in [5.74, 6) is 2.64. The van der Waals surface area contributed by atoms with Gasteiger partial charge in [0.25, 0.3) is 0 Å². The number of rotatable bonds is 6. The van der Waals surface area contributed by atoms with E-state index < -0.39 is 6.17 Å². The average Bonchev–Trinajstić information content (AvgIpc) is 3.22. The SMILES string of the molecule is CN(Cc1noc(C2CC2)n1)C[C@@H]1C[C@H](F)CN1c1cccnn1. The van der Waals surface area contributed by atoms with Crippen molar-refractivity contribution in [3.63, 3.8) is 0 Å². The van der Waals surface area contributed by atoms with E-state index >= 15 is 0 Å². The van der Waals surface area contributed by atoms with Crippen molar-refractivity contribution in [2.45, 2.75) is 43.9 Å². The van der Waals surface area contributed by atoms with Crippen molar-refractivity contribution >= 4 is 5.82 Å². The molecule has 2 aliphatic rings. The standard InChI is InChI=1S/C16H21FN6O/c1-22(10-14-19-16(24-21-14)11-4-5-11)9-13-7-12(17)8-23(13)15-3-2-6-18-20-15/h2-3,6,11-13H,4-5,7-10H2,1H3/t12-,13-/m0/s1. The molecule has 8 heteroatoms. The molecule has 1 saturated carbocycles. The van der Waals surface area contributed by atoms with Crippen LogP contribution in [0.3, 0.4) is 0 Å². The number of likely N-dealkylation sites (N-methyl/N-ethyl adjacent to an activating group) is 1. The van der Waals surface area contributed by atoms with Gasteiger partial charge in [0.2, 0.25) is 5.89 Å². The fraction of sp³-hybridized carbons (Fsp3) is 0.625. The molecule has 0 unspecified atom stereocenters. The van der Waals surface area contributed by atoms with Gasteiger partial charge in [-0.2, -0.15) is 10.1 Å². The molecule has 0 amide bonds. The van der Waals surface area contributed by atoms with E-state index in [1.807, 2.05) is 24.1 Å². The molecular formula is C16H21FN6O. The van der Waals surface area contributed by atoms with Crippen molar-refractivity contribution in [1.82, 2.24) is 25.2 Å². The summed E-state index contributed by atoms with van der Waals surface area (Å²) in [6.45, 7) is 1.67. The van der Waals surface area contributed by atoms with Crippen LogP contribution in [0.15, 0.2) is 22.9 Å². The van der Waals surface area contributed by atoms with Crippen LogP contribution >= 0.6 is 0 Å². The summed E-state index contributed by atoms with van der Waals surface area (Å²) in [6, 6.07) is 3.77. The molecule has 1 aliphatic heterocycles. The number of aromatic nitrogens is 4. The minimum Gasteiger partial charge on any atom is -0.348 e. The second-order valence-electron chi connectivity index (χ2n) is 6.74. The van der Waals surface area contributed by atoms with Crippen LogP contribution < -0.4 is 4.90 Å². The maximum Gasteiger partial charge on any atom is 0.229 e. The number of nitrogens with zero attached hydrogens (tertiary/aromatic N) is 6. The lowest BCUT2D eigenvalue weighted by atomic mass is 10.2. The first-order valence-corrected chi connectivity index (χ1v) is 8.38. The first kappa shape index (κ1) is 15.4. The third-order valence-electron chi connectivity index (χ3n) is 4.56. The Morgan fingerprint density at radius 1 is 1.42 bits per heavy atom. The lowest BCUT2D eigenvalue weighted by Crippen LogP contribution is -2.39. The molecule has 2 aromatic heterocycles. The largest absolute Gasteiger partial charge is 0.348 e. The van der Waals surface area contributed by atoms with Crippen molar-refractivity contribution in [1.29, 1.82) is 0 Å². The van der Waals surface area contributed by atoms with Gasteiger partial charge in [0.1, 0.15) is 6.17 Å². The lowest BCUT2D eigenvalue weighted by molar-refractivity contribution is 0.278. The summed E-state index contributed by atoms with van der Waals surface area (Å²) in [5.41, 5.74) is 0. The highest BCUT2D eigenvalue weighted by atomic mass is 19.1. The average molecular weight is 332 g/mol. The third-order valence-corrected chi connectivity index (χ3v) is 4.56. The highest BCUT2D eigenvalue weighted by Gasteiger charge is 2.34. The van der Waals surface area contributed by atoms with Gasteiger partial charge in [-0.25, -0.2) is 4.39 Å². The summed E-state index contributed by atoms with van der Waals surface area (Å²) in [5, 5.41) is 12.1. The van der Waals surface area contributed by atoms with Gasteiger partial charge in [-0.1, -0.05) is 5.16 Å². The molecule has 0 radical (unpaired) electrons. The Morgan fingerprint density at radius 2 is 2.29 bits per heavy atom. The van der Waals surface area contributed by atoms with Crippen molar-refractivity contribution in [3.05, 3.63) is 30.0 Å². The van der Waals surface area contributed by atoms with E-state index in [-0.39, 0.29) is 6.04 Å². The lowest BCUT2D eigenvalue weighted by Gasteiger charge is -2.28. The molecule has 2 atom stereocenters. The fourth-order valence-corrected chi connectivity index (χ4v) is 3.25. The number of anilines is 1. The maximum atomic E-state index is 13.9. The van der Waals surface area contributed by atoms with E-state index in [1.54, 1.807) is 6.20 Å². The molecule has 1 saturated heterocycles. The molecule has 1 aliphatic carbocycles. The van der Waals surface area contributed by atoms with E-state index in [0.717, 1.165) is 24.6 Å². The monoisotopic (exact) mass is 332 g/mol. The Bertz CT molecular complexity index is 676. The van der Waals surface area contributed by atoms with Crippen LogP contribution in [0.5, 0.6) is 0 Å². The van der Waals surface area contributed by atoms with E-state index in [4.69, 9.17) is 4.52 Å². The fourth-order valence-electron chi connectivity index (χ4n) is 3.25. The zero-order valence-electron chi connectivity index (χ0n) is 13.7. The number of hydrogen-bond acceptors (Lipinski definition) is 7. The quantitative estimate of drug-likeness (QED) is 0.798. The maximum absolute atomic E-state index is 13.9. The Balaban J connectivity index is 1.38. The van der Waals surface area contributed by atoms with Gasteiger partial charge in [0.05, 0.1) is 13.1 Å². The molecule has 0 N–H and O–H groups in total. The molecule has 0 bridgehead atoms. The van der Waals surface area contributed by atoms with Crippen molar-refractivity contribution in [2.24, 2.45) is 0 Å². The van der Waals surface area contributed by atoms with Gasteiger partial charge < -0.3 is 9.42 Å². The van der Waals surface area contributed by atoms with E-state index in [0.29, 0.717) is 37.8 Å². The number of hydrogen-bond donors (Lipinski definition) is 0. The zero-order valence-corrected chi connectivity index (χ0v) is 13.7. The Morgan fingerprint density at radius 3 is 3.04 bits per heavy atom. The van der Waals surface area contributed by atoms with Gasteiger partial charge >= 0.3 is 0 Å². The Hall–Kier alpha value is -2.09. The normalized spacial score (nSPS) is 24.0. The number of alkyl halides is 1. The first-order chi connectivity index (χ1) is 11.7. The Labute approximate surface area is 139 Å². The van der Waals surface area contributed by atoms with Crippen LogP contribution in [0.25, 0.3) is 0 Å².